The number of para-hydroxylation sites is 2. The minimum Gasteiger partial charge on any atom is -0.408 e. The Hall–Kier alpha value is -3.61. The van der Waals surface area contributed by atoms with E-state index in [2.05, 4.69) is 10.3 Å². The first-order valence-electron chi connectivity index (χ1n) is 8.58. The molecule has 0 saturated carbocycles. The minimum absolute atomic E-state index is 0.0748. The predicted octanol–water partition coefficient (Wildman–Crippen LogP) is 2.16. The van der Waals surface area contributed by atoms with E-state index in [0.717, 1.165) is 17.7 Å². The Bertz CT molecular complexity index is 1110. The maximum absolute atomic E-state index is 12.2. The van der Waals surface area contributed by atoms with E-state index in [1.807, 2.05) is 35.0 Å². The van der Waals surface area contributed by atoms with Crippen LogP contribution in [0.25, 0.3) is 11.1 Å². The lowest BCUT2D eigenvalue weighted by Gasteiger charge is -2.07. The largest absolute Gasteiger partial charge is 0.420 e. The number of rotatable bonds is 6. The van der Waals surface area contributed by atoms with E-state index in [1.165, 1.54) is 4.57 Å². The van der Waals surface area contributed by atoms with Crippen molar-refractivity contribution in [3.8, 4) is 0 Å². The Morgan fingerprint density at radius 2 is 1.85 bits per heavy atom. The molecular formula is C20H18N4O3. The number of nitrogens with zero attached hydrogens (tertiary/aromatic N) is 3. The molecule has 0 saturated heterocycles. The van der Waals surface area contributed by atoms with Gasteiger partial charge in [0.05, 0.1) is 11.8 Å². The molecule has 7 nitrogen and oxygen atoms in total. The summed E-state index contributed by atoms with van der Waals surface area (Å²) in [6.45, 7) is 1.08. The van der Waals surface area contributed by atoms with Gasteiger partial charge in [0.25, 0.3) is 0 Å². The highest BCUT2D eigenvalue weighted by Crippen LogP contribution is 2.11. The summed E-state index contributed by atoms with van der Waals surface area (Å²) in [5.74, 6) is -0.777. The average Bonchev–Trinajstić information content (AvgIpc) is 3.29. The molecule has 0 bridgehead atoms. The Labute approximate surface area is 154 Å². The number of fused-ring (bicyclic) bond motifs is 1. The molecular weight excluding hydrogens is 344 g/mol. The molecule has 27 heavy (non-hydrogen) atoms. The van der Waals surface area contributed by atoms with Gasteiger partial charge in [-0.3, -0.25) is 9.36 Å². The van der Waals surface area contributed by atoms with E-state index in [4.69, 9.17) is 4.42 Å². The second kappa shape index (κ2) is 7.33. The number of imidazole rings is 1. The molecule has 4 rings (SSSR count). The van der Waals surface area contributed by atoms with Crippen LogP contribution in [0.4, 0.5) is 0 Å². The van der Waals surface area contributed by atoms with Crippen molar-refractivity contribution in [3.05, 3.63) is 88.9 Å². The van der Waals surface area contributed by atoms with Crippen molar-refractivity contribution in [2.75, 3.05) is 0 Å². The molecule has 2 aromatic heterocycles. The van der Waals surface area contributed by atoms with E-state index < -0.39 is 5.76 Å². The van der Waals surface area contributed by atoms with Crippen LogP contribution in [0.1, 0.15) is 11.1 Å². The van der Waals surface area contributed by atoms with Gasteiger partial charge in [-0.25, -0.2) is 9.78 Å². The standard InChI is InChI=1S/C20H18N4O3/c25-19(13-24-17-3-1-2-4-18(17)27-20(24)26)22-11-15-5-7-16(8-6-15)12-23-10-9-21-14-23/h1-10,14H,11-13H2,(H,22,25). The molecule has 0 atom stereocenters. The number of oxazole rings is 1. The summed E-state index contributed by atoms with van der Waals surface area (Å²) in [7, 11) is 0. The highest BCUT2D eigenvalue weighted by atomic mass is 16.4. The lowest BCUT2D eigenvalue weighted by molar-refractivity contribution is -0.121. The fourth-order valence-corrected chi connectivity index (χ4v) is 2.92. The maximum atomic E-state index is 12.2. The van der Waals surface area contributed by atoms with Crippen molar-refractivity contribution < 1.29 is 9.21 Å². The van der Waals surface area contributed by atoms with Crippen molar-refractivity contribution in [2.24, 2.45) is 0 Å². The third-order valence-electron chi connectivity index (χ3n) is 4.31. The monoisotopic (exact) mass is 362 g/mol. The maximum Gasteiger partial charge on any atom is 0.420 e. The first kappa shape index (κ1) is 16.8. The van der Waals surface area contributed by atoms with Crippen LogP contribution in [0.2, 0.25) is 0 Å². The van der Waals surface area contributed by atoms with Crippen LogP contribution in [-0.4, -0.2) is 20.0 Å². The van der Waals surface area contributed by atoms with E-state index in [1.54, 1.807) is 36.8 Å². The van der Waals surface area contributed by atoms with Gasteiger partial charge >= 0.3 is 5.76 Å². The van der Waals surface area contributed by atoms with E-state index >= 15 is 0 Å². The number of hydrogen-bond donors (Lipinski definition) is 1. The van der Waals surface area contributed by atoms with Gasteiger partial charge < -0.3 is 14.3 Å². The Kier molecular flexibility index (Phi) is 4.57. The lowest BCUT2D eigenvalue weighted by Crippen LogP contribution is -2.30. The molecule has 1 N–H and O–H groups in total. The van der Waals surface area contributed by atoms with Crippen LogP contribution in [0.15, 0.2) is 76.5 Å². The summed E-state index contributed by atoms with van der Waals surface area (Å²) in [5, 5.41) is 2.84. The minimum atomic E-state index is -0.532. The summed E-state index contributed by atoms with van der Waals surface area (Å²) in [5.41, 5.74) is 3.23. The van der Waals surface area contributed by atoms with Crippen molar-refractivity contribution in [1.82, 2.24) is 19.4 Å². The number of carbonyl (C=O) groups is 1. The predicted molar refractivity (Wildman–Crippen MR) is 100 cm³/mol. The quantitative estimate of drug-likeness (QED) is 0.570. The van der Waals surface area contributed by atoms with E-state index in [-0.39, 0.29) is 12.5 Å². The molecule has 0 aliphatic rings. The first-order valence-corrected chi connectivity index (χ1v) is 8.58. The molecule has 0 aliphatic heterocycles. The molecule has 0 aliphatic carbocycles. The zero-order valence-electron chi connectivity index (χ0n) is 14.5. The van der Waals surface area contributed by atoms with Crippen LogP contribution < -0.4 is 11.1 Å². The third-order valence-corrected chi connectivity index (χ3v) is 4.31. The number of aromatic nitrogens is 3. The highest BCUT2D eigenvalue weighted by Gasteiger charge is 2.12. The first-order chi connectivity index (χ1) is 13.2. The number of carbonyl (C=O) groups excluding carboxylic acids is 1. The summed E-state index contributed by atoms with van der Waals surface area (Å²) < 4.78 is 8.46. The van der Waals surface area contributed by atoms with Crippen LogP contribution in [-0.2, 0) is 24.4 Å². The van der Waals surface area contributed by atoms with Crippen LogP contribution in [0, 0.1) is 0 Å². The van der Waals surface area contributed by atoms with E-state index in [0.29, 0.717) is 17.6 Å². The van der Waals surface area contributed by atoms with Gasteiger partial charge in [0.2, 0.25) is 5.91 Å². The van der Waals surface area contributed by atoms with Crippen molar-refractivity contribution in [2.45, 2.75) is 19.6 Å². The number of nitrogens with one attached hydrogen (secondary N) is 1. The topological polar surface area (TPSA) is 82.1 Å². The van der Waals surface area contributed by atoms with Crippen molar-refractivity contribution >= 4 is 17.0 Å². The van der Waals surface area contributed by atoms with E-state index in [9.17, 15) is 9.59 Å². The van der Waals surface area contributed by atoms with Gasteiger partial charge in [0.1, 0.15) is 6.54 Å². The second-order valence-corrected chi connectivity index (χ2v) is 6.25. The number of amides is 1. The third kappa shape index (κ3) is 3.82. The molecule has 136 valence electrons. The fourth-order valence-electron chi connectivity index (χ4n) is 2.92. The molecule has 1 amide bonds. The van der Waals surface area contributed by atoms with Gasteiger partial charge in [0.15, 0.2) is 5.58 Å². The van der Waals surface area contributed by atoms with Gasteiger partial charge in [0, 0.05) is 25.5 Å². The summed E-state index contributed by atoms with van der Waals surface area (Å²) in [4.78, 5) is 28.2. The summed E-state index contributed by atoms with van der Waals surface area (Å²) in [6, 6.07) is 15.1. The normalized spacial score (nSPS) is 11.0. The van der Waals surface area contributed by atoms with Crippen LogP contribution in [0.5, 0.6) is 0 Å². The van der Waals surface area contributed by atoms with Crippen LogP contribution in [0.3, 0.4) is 0 Å². The SMILES string of the molecule is O=C(Cn1c(=O)oc2ccccc21)NCc1ccc(Cn2ccnc2)cc1. The zero-order chi connectivity index (χ0) is 18.6. The molecule has 2 heterocycles. The number of hydrogen-bond acceptors (Lipinski definition) is 4. The van der Waals surface area contributed by atoms with Gasteiger partial charge in [-0.05, 0) is 23.3 Å². The summed E-state index contributed by atoms with van der Waals surface area (Å²) in [6.07, 6.45) is 5.43. The Morgan fingerprint density at radius 3 is 2.63 bits per heavy atom. The Morgan fingerprint density at radius 1 is 1.07 bits per heavy atom. The van der Waals surface area contributed by atoms with Gasteiger partial charge in [-0.15, -0.1) is 0 Å². The molecule has 7 heteroatoms. The molecule has 0 fully saturated rings. The van der Waals surface area contributed by atoms with Crippen molar-refractivity contribution in [1.29, 1.82) is 0 Å². The Balaban J connectivity index is 1.36. The molecule has 4 aromatic rings. The average molecular weight is 362 g/mol. The van der Waals surface area contributed by atoms with Crippen molar-refractivity contribution in [3.63, 3.8) is 0 Å². The smallest absolute Gasteiger partial charge is 0.408 e. The zero-order valence-corrected chi connectivity index (χ0v) is 14.5. The van der Waals surface area contributed by atoms with Gasteiger partial charge in [-0.2, -0.15) is 0 Å². The van der Waals surface area contributed by atoms with Crippen LogP contribution >= 0.6 is 0 Å². The second-order valence-electron chi connectivity index (χ2n) is 6.25. The molecule has 0 unspecified atom stereocenters. The highest BCUT2D eigenvalue weighted by molar-refractivity contribution is 5.79. The van der Waals surface area contributed by atoms with Gasteiger partial charge in [-0.1, -0.05) is 36.4 Å². The lowest BCUT2D eigenvalue weighted by atomic mass is 10.1. The fraction of sp³-hybridized carbons (Fsp3) is 0.150. The number of benzene rings is 2. The molecule has 2 aromatic carbocycles. The summed E-state index contributed by atoms with van der Waals surface area (Å²) >= 11 is 0. The molecule has 0 radical (unpaired) electrons. The molecule has 0 spiro atoms.